The molecule has 0 spiro atoms. The van der Waals surface area contributed by atoms with E-state index in [4.69, 9.17) is 4.74 Å². The van der Waals surface area contributed by atoms with E-state index in [2.05, 4.69) is 5.10 Å². The van der Waals surface area contributed by atoms with Gasteiger partial charge in [-0.3, -0.25) is 10.1 Å². The van der Waals surface area contributed by atoms with E-state index in [1.165, 1.54) is 10.9 Å². The lowest BCUT2D eigenvalue weighted by Crippen LogP contribution is -2.11. The van der Waals surface area contributed by atoms with Crippen molar-refractivity contribution in [2.45, 2.75) is 6.92 Å². The summed E-state index contributed by atoms with van der Waals surface area (Å²) in [5, 5.41) is 15.1. The minimum Gasteiger partial charge on any atom is -0.415 e. The van der Waals surface area contributed by atoms with Crippen molar-refractivity contribution in [3.05, 3.63) is 81.9 Å². The highest BCUT2D eigenvalue weighted by molar-refractivity contribution is 5.92. The number of carbonyl (C=O) groups is 1. The Hall–Kier alpha value is -3.55. The summed E-state index contributed by atoms with van der Waals surface area (Å²) >= 11 is 0. The number of hydrogen-bond donors (Lipinski definition) is 0. The molecule has 0 saturated heterocycles. The number of ether oxygens (including phenoxy) is 1. The molecule has 3 rings (SSSR count). The molecule has 0 radical (unpaired) electrons. The Morgan fingerprint density at radius 3 is 2.64 bits per heavy atom. The third kappa shape index (κ3) is 3.23. The number of esters is 1. The first-order chi connectivity index (χ1) is 12.0. The van der Waals surface area contributed by atoms with Crippen molar-refractivity contribution in [3.63, 3.8) is 0 Å². The van der Waals surface area contributed by atoms with E-state index < -0.39 is 28.1 Å². The normalized spacial score (nSPS) is 10.5. The molecule has 126 valence electrons. The summed E-state index contributed by atoms with van der Waals surface area (Å²) < 4.78 is 19.9. The number of halogens is 1. The summed E-state index contributed by atoms with van der Waals surface area (Å²) in [7, 11) is 0. The number of aromatic nitrogens is 2. The fraction of sp³-hybridized carbons (Fsp3) is 0.0588. The quantitative estimate of drug-likeness (QED) is 0.314. The molecule has 2 aromatic carbocycles. The van der Waals surface area contributed by atoms with Crippen LogP contribution in [0, 0.1) is 22.9 Å². The second-order valence-electron chi connectivity index (χ2n) is 5.15. The average Bonchev–Trinajstić information content (AvgIpc) is 2.97. The minimum atomic E-state index is -0.853. The summed E-state index contributed by atoms with van der Waals surface area (Å²) in [6, 6.07) is 11.8. The van der Waals surface area contributed by atoms with Crippen LogP contribution in [0.2, 0.25) is 0 Å². The number of nitro groups is 1. The van der Waals surface area contributed by atoms with Gasteiger partial charge in [0.15, 0.2) is 0 Å². The highest BCUT2D eigenvalue weighted by Crippen LogP contribution is 2.28. The number of benzene rings is 2. The zero-order chi connectivity index (χ0) is 18.0. The molecule has 0 saturated carbocycles. The molecular formula is C17H12FN3O4. The Balaban J connectivity index is 1.92. The summed E-state index contributed by atoms with van der Waals surface area (Å²) in [5.41, 5.74) is 0.872. The van der Waals surface area contributed by atoms with Crippen LogP contribution in [-0.4, -0.2) is 20.7 Å². The van der Waals surface area contributed by atoms with Crippen LogP contribution in [0.5, 0.6) is 5.75 Å². The van der Waals surface area contributed by atoms with Crippen molar-refractivity contribution in [2.24, 2.45) is 0 Å². The van der Waals surface area contributed by atoms with E-state index in [9.17, 15) is 19.3 Å². The zero-order valence-electron chi connectivity index (χ0n) is 13.0. The monoisotopic (exact) mass is 341 g/mol. The summed E-state index contributed by atoms with van der Waals surface area (Å²) in [5.74, 6) is -2.06. The van der Waals surface area contributed by atoms with Gasteiger partial charge in [0, 0.05) is 12.1 Å². The van der Waals surface area contributed by atoms with Crippen molar-refractivity contribution in [2.75, 3.05) is 0 Å². The van der Waals surface area contributed by atoms with Crippen LogP contribution in [0.25, 0.3) is 5.69 Å². The molecule has 3 aromatic rings. The molecular weight excluding hydrogens is 329 g/mol. The van der Waals surface area contributed by atoms with Gasteiger partial charge in [0.1, 0.15) is 11.4 Å². The molecule has 0 aliphatic carbocycles. The molecule has 0 N–H and O–H groups in total. The van der Waals surface area contributed by atoms with E-state index in [1.807, 2.05) is 30.3 Å². The lowest BCUT2D eigenvalue weighted by Gasteiger charge is -2.06. The Morgan fingerprint density at radius 2 is 1.96 bits per heavy atom. The number of para-hydroxylation sites is 1. The largest absolute Gasteiger partial charge is 0.415 e. The summed E-state index contributed by atoms with van der Waals surface area (Å²) in [6.07, 6.45) is 1.30. The second kappa shape index (κ2) is 6.52. The molecule has 8 heteroatoms. The molecule has 25 heavy (non-hydrogen) atoms. The van der Waals surface area contributed by atoms with E-state index >= 15 is 0 Å². The van der Waals surface area contributed by atoms with Gasteiger partial charge in [0.2, 0.25) is 5.75 Å². The standard InChI is InChI=1S/C17H12FN3O4/c1-11-14(10-19-20(11)13-5-3-2-4-6-13)17(22)25-16-9-12(18)7-8-15(16)21(23)24/h2-10H,1H3. The lowest BCUT2D eigenvalue weighted by atomic mass is 10.2. The van der Waals surface area contributed by atoms with E-state index in [0.29, 0.717) is 5.69 Å². The molecule has 0 unspecified atom stereocenters. The fourth-order valence-corrected chi connectivity index (χ4v) is 2.31. The third-order valence-corrected chi connectivity index (χ3v) is 3.55. The van der Waals surface area contributed by atoms with Gasteiger partial charge in [-0.1, -0.05) is 18.2 Å². The van der Waals surface area contributed by atoms with Crippen molar-refractivity contribution in [3.8, 4) is 11.4 Å². The topological polar surface area (TPSA) is 87.3 Å². The average molecular weight is 341 g/mol. The maximum atomic E-state index is 13.3. The number of carbonyl (C=O) groups excluding carboxylic acids is 1. The molecule has 1 heterocycles. The van der Waals surface area contributed by atoms with E-state index in [1.54, 1.807) is 6.92 Å². The maximum absolute atomic E-state index is 13.3. The Bertz CT molecular complexity index is 954. The number of nitro benzene ring substituents is 1. The van der Waals surface area contributed by atoms with Crippen molar-refractivity contribution >= 4 is 11.7 Å². The molecule has 0 amide bonds. The van der Waals surface area contributed by atoms with E-state index in [0.717, 1.165) is 23.9 Å². The Morgan fingerprint density at radius 1 is 1.24 bits per heavy atom. The molecule has 0 aliphatic rings. The van der Waals surface area contributed by atoms with Gasteiger partial charge in [-0.25, -0.2) is 13.9 Å². The number of hydrogen-bond acceptors (Lipinski definition) is 5. The molecule has 0 atom stereocenters. The highest BCUT2D eigenvalue weighted by atomic mass is 19.1. The van der Waals surface area contributed by atoms with Crippen LogP contribution in [0.1, 0.15) is 16.1 Å². The van der Waals surface area contributed by atoms with Gasteiger partial charge >= 0.3 is 11.7 Å². The molecule has 0 aliphatic heterocycles. The van der Waals surface area contributed by atoms with Crippen LogP contribution >= 0.6 is 0 Å². The first kappa shape index (κ1) is 16.3. The van der Waals surface area contributed by atoms with Gasteiger partial charge in [-0.2, -0.15) is 5.10 Å². The Kier molecular flexibility index (Phi) is 4.25. The van der Waals surface area contributed by atoms with Crippen LogP contribution in [-0.2, 0) is 0 Å². The maximum Gasteiger partial charge on any atom is 0.347 e. The predicted octanol–water partition coefficient (Wildman–Crippen LogP) is 3.45. The molecule has 0 fully saturated rings. The van der Waals surface area contributed by atoms with Crippen molar-refractivity contribution in [1.29, 1.82) is 0 Å². The fourth-order valence-electron chi connectivity index (χ4n) is 2.31. The second-order valence-corrected chi connectivity index (χ2v) is 5.15. The lowest BCUT2D eigenvalue weighted by molar-refractivity contribution is -0.385. The number of nitrogens with zero attached hydrogens (tertiary/aromatic N) is 3. The van der Waals surface area contributed by atoms with Gasteiger partial charge in [-0.15, -0.1) is 0 Å². The Labute approximate surface area is 141 Å². The van der Waals surface area contributed by atoms with Gasteiger partial charge in [-0.05, 0) is 25.1 Å². The predicted molar refractivity (Wildman–Crippen MR) is 86.3 cm³/mol. The third-order valence-electron chi connectivity index (χ3n) is 3.55. The van der Waals surface area contributed by atoms with Crippen LogP contribution in [0.3, 0.4) is 0 Å². The number of rotatable bonds is 4. The zero-order valence-corrected chi connectivity index (χ0v) is 13.0. The van der Waals surface area contributed by atoms with Crippen LogP contribution < -0.4 is 4.74 Å². The van der Waals surface area contributed by atoms with Gasteiger partial charge in [0.05, 0.1) is 22.5 Å². The minimum absolute atomic E-state index is 0.127. The SMILES string of the molecule is Cc1c(C(=O)Oc2cc(F)ccc2[N+](=O)[O-])cnn1-c1ccccc1. The molecule has 1 aromatic heterocycles. The summed E-state index contributed by atoms with van der Waals surface area (Å²) in [4.78, 5) is 22.6. The summed E-state index contributed by atoms with van der Waals surface area (Å²) in [6.45, 7) is 1.66. The van der Waals surface area contributed by atoms with Crippen LogP contribution in [0.15, 0.2) is 54.7 Å². The van der Waals surface area contributed by atoms with Gasteiger partial charge < -0.3 is 4.74 Å². The van der Waals surface area contributed by atoms with E-state index in [-0.39, 0.29) is 5.56 Å². The smallest absolute Gasteiger partial charge is 0.347 e. The molecule has 0 bridgehead atoms. The first-order valence-electron chi connectivity index (χ1n) is 7.23. The van der Waals surface area contributed by atoms with Gasteiger partial charge in [0.25, 0.3) is 0 Å². The highest BCUT2D eigenvalue weighted by Gasteiger charge is 2.22. The first-order valence-corrected chi connectivity index (χ1v) is 7.23. The van der Waals surface area contributed by atoms with Crippen LogP contribution in [0.4, 0.5) is 10.1 Å². The van der Waals surface area contributed by atoms with Crippen molar-refractivity contribution < 1.29 is 18.8 Å². The molecule has 7 nitrogen and oxygen atoms in total. The van der Waals surface area contributed by atoms with Crippen molar-refractivity contribution in [1.82, 2.24) is 9.78 Å².